The number of nitrogens with zero attached hydrogens (tertiary/aromatic N) is 3. The predicted octanol–water partition coefficient (Wildman–Crippen LogP) is 7.08. The van der Waals surface area contributed by atoms with E-state index in [1.54, 1.807) is 17.0 Å². The molecule has 1 amide bonds. The lowest BCUT2D eigenvalue weighted by Crippen LogP contribution is -2.42. The van der Waals surface area contributed by atoms with Crippen LogP contribution in [0.15, 0.2) is 97.1 Å². The molecule has 1 aliphatic rings. The minimum Gasteiger partial charge on any atom is -0.305 e. The van der Waals surface area contributed by atoms with Crippen LogP contribution in [0.4, 0.5) is 10.1 Å². The van der Waals surface area contributed by atoms with Gasteiger partial charge in [-0.15, -0.1) is 0 Å². The predicted molar refractivity (Wildman–Crippen MR) is 141 cm³/mol. The van der Waals surface area contributed by atoms with E-state index in [-0.39, 0.29) is 17.8 Å². The molecule has 1 atom stereocenters. The molecule has 0 saturated carbocycles. The molecule has 6 rings (SSSR count). The average molecular weight is 474 g/mol. The van der Waals surface area contributed by atoms with E-state index in [1.165, 1.54) is 12.1 Å². The number of aryl methyl sites for hydroxylation is 1. The number of aromatic nitrogens is 2. The molecular weight excluding hydrogens is 449 g/mol. The highest BCUT2D eigenvalue weighted by atomic mass is 19.1. The summed E-state index contributed by atoms with van der Waals surface area (Å²) in [4.78, 5) is 25.5. The average Bonchev–Trinajstić information content (AvgIpc) is 2.92. The first kappa shape index (κ1) is 22.1. The molecule has 0 unspecified atom stereocenters. The van der Waals surface area contributed by atoms with E-state index in [2.05, 4.69) is 0 Å². The lowest BCUT2D eigenvalue weighted by molar-refractivity contribution is 0.0975. The SMILES string of the molecule is C[C@@H]1CCc2cc(F)ccc2N1C(=O)c1ccc2nc(-c3ccccc3)c(-c3ccccc3)nc2c1. The Bertz CT molecular complexity index is 1580. The molecule has 176 valence electrons. The van der Waals surface area contributed by atoms with E-state index >= 15 is 0 Å². The maximum absolute atomic E-state index is 13.8. The zero-order valence-electron chi connectivity index (χ0n) is 19.9. The van der Waals surface area contributed by atoms with Gasteiger partial charge >= 0.3 is 0 Å². The summed E-state index contributed by atoms with van der Waals surface area (Å²) in [5, 5.41) is 0. The number of hydrogen-bond acceptors (Lipinski definition) is 3. The van der Waals surface area contributed by atoms with Crippen LogP contribution >= 0.6 is 0 Å². The van der Waals surface area contributed by atoms with E-state index in [0.29, 0.717) is 11.1 Å². The molecule has 1 aliphatic heterocycles. The van der Waals surface area contributed by atoms with Gasteiger partial charge in [0.25, 0.3) is 5.91 Å². The third-order valence-corrected chi connectivity index (χ3v) is 6.80. The summed E-state index contributed by atoms with van der Waals surface area (Å²) >= 11 is 0. The third-order valence-electron chi connectivity index (χ3n) is 6.80. The van der Waals surface area contributed by atoms with Crippen LogP contribution in [0.25, 0.3) is 33.5 Å². The van der Waals surface area contributed by atoms with E-state index in [9.17, 15) is 9.18 Å². The van der Waals surface area contributed by atoms with Gasteiger partial charge in [-0.25, -0.2) is 14.4 Å². The number of carbonyl (C=O) groups excluding carboxylic acids is 1. The van der Waals surface area contributed by atoms with E-state index < -0.39 is 0 Å². The molecule has 2 heterocycles. The Morgan fingerprint density at radius 1 is 0.806 bits per heavy atom. The molecule has 0 saturated heterocycles. The summed E-state index contributed by atoms with van der Waals surface area (Å²) < 4.78 is 13.8. The molecular formula is C31H24FN3O. The Morgan fingerprint density at radius 2 is 1.44 bits per heavy atom. The number of hydrogen-bond donors (Lipinski definition) is 0. The number of amides is 1. The third kappa shape index (κ3) is 3.93. The summed E-state index contributed by atoms with van der Waals surface area (Å²) in [5.41, 5.74) is 7.06. The first-order valence-electron chi connectivity index (χ1n) is 12.1. The summed E-state index contributed by atoms with van der Waals surface area (Å²) in [6.07, 6.45) is 1.54. The van der Waals surface area contributed by atoms with Gasteiger partial charge in [0.15, 0.2) is 0 Å². The fourth-order valence-corrected chi connectivity index (χ4v) is 4.95. The van der Waals surface area contributed by atoms with Gasteiger partial charge in [0, 0.05) is 28.4 Å². The van der Waals surface area contributed by atoms with Crippen molar-refractivity contribution in [2.24, 2.45) is 0 Å². The molecule has 5 heteroatoms. The standard InChI is InChI=1S/C31H24FN3O/c1-20-12-13-23-18-25(32)15-17-28(23)35(20)31(36)24-14-16-26-27(19-24)34-30(22-10-6-3-7-11-22)29(33-26)21-8-4-2-5-9-21/h2-11,14-20H,12-13H2,1H3/t20-/m1/s1. The molecule has 5 aromatic rings. The van der Waals surface area contributed by atoms with Crippen molar-refractivity contribution in [2.75, 3.05) is 4.90 Å². The van der Waals surface area contributed by atoms with Crippen LogP contribution in [0.1, 0.15) is 29.3 Å². The zero-order valence-corrected chi connectivity index (χ0v) is 19.9. The van der Waals surface area contributed by atoms with E-state index in [1.807, 2.05) is 79.7 Å². The van der Waals surface area contributed by atoms with Gasteiger partial charge in [-0.2, -0.15) is 0 Å². The van der Waals surface area contributed by atoms with E-state index in [4.69, 9.17) is 9.97 Å². The molecule has 0 fully saturated rings. The van der Waals surface area contributed by atoms with Crippen molar-refractivity contribution in [1.29, 1.82) is 0 Å². The molecule has 4 aromatic carbocycles. The first-order valence-corrected chi connectivity index (χ1v) is 12.1. The Labute approximate surface area is 209 Å². The van der Waals surface area contributed by atoms with Crippen LogP contribution in [0.5, 0.6) is 0 Å². The molecule has 0 N–H and O–H groups in total. The highest BCUT2D eigenvalue weighted by Crippen LogP contribution is 2.34. The topological polar surface area (TPSA) is 46.1 Å². The minimum atomic E-state index is -0.278. The fraction of sp³-hybridized carbons (Fsp3) is 0.129. The van der Waals surface area contributed by atoms with Crippen LogP contribution in [0.2, 0.25) is 0 Å². The number of halogens is 1. The van der Waals surface area contributed by atoms with Gasteiger partial charge in [-0.3, -0.25) is 4.79 Å². The number of anilines is 1. The molecule has 0 radical (unpaired) electrons. The van der Waals surface area contributed by atoms with E-state index in [0.717, 1.165) is 52.1 Å². The normalized spacial score (nSPS) is 15.1. The second-order valence-corrected chi connectivity index (χ2v) is 9.19. The molecule has 4 nitrogen and oxygen atoms in total. The fourth-order valence-electron chi connectivity index (χ4n) is 4.95. The quantitative estimate of drug-likeness (QED) is 0.281. The van der Waals surface area contributed by atoms with Crippen molar-refractivity contribution in [3.8, 4) is 22.5 Å². The first-order chi connectivity index (χ1) is 17.6. The molecule has 1 aromatic heterocycles. The van der Waals surface area contributed by atoms with Crippen molar-refractivity contribution < 1.29 is 9.18 Å². The largest absolute Gasteiger partial charge is 0.305 e. The van der Waals surface area contributed by atoms with Crippen molar-refractivity contribution in [3.05, 3.63) is 114 Å². The second-order valence-electron chi connectivity index (χ2n) is 9.19. The van der Waals surface area contributed by atoms with Crippen LogP contribution in [-0.2, 0) is 6.42 Å². The number of carbonyl (C=O) groups is 1. The molecule has 0 aliphatic carbocycles. The highest BCUT2D eigenvalue weighted by Gasteiger charge is 2.29. The highest BCUT2D eigenvalue weighted by molar-refractivity contribution is 6.08. The molecule has 0 bridgehead atoms. The summed E-state index contributed by atoms with van der Waals surface area (Å²) in [5.74, 6) is -0.397. The van der Waals surface area contributed by atoms with Crippen molar-refractivity contribution in [2.45, 2.75) is 25.8 Å². The van der Waals surface area contributed by atoms with Crippen LogP contribution < -0.4 is 4.90 Å². The second kappa shape index (κ2) is 9.00. The maximum Gasteiger partial charge on any atom is 0.258 e. The van der Waals surface area contributed by atoms with Gasteiger partial charge in [-0.05, 0) is 61.7 Å². The van der Waals surface area contributed by atoms with Gasteiger partial charge in [0.1, 0.15) is 5.82 Å². The Hall–Kier alpha value is -4.38. The maximum atomic E-state index is 13.8. The van der Waals surface area contributed by atoms with Crippen LogP contribution in [0, 0.1) is 5.82 Å². The van der Waals surface area contributed by atoms with Gasteiger partial charge in [0.2, 0.25) is 0 Å². The summed E-state index contributed by atoms with van der Waals surface area (Å²) in [6.45, 7) is 2.03. The van der Waals surface area contributed by atoms with Crippen molar-refractivity contribution in [1.82, 2.24) is 9.97 Å². The smallest absolute Gasteiger partial charge is 0.258 e. The Morgan fingerprint density at radius 3 is 2.11 bits per heavy atom. The summed E-state index contributed by atoms with van der Waals surface area (Å²) in [6, 6.07) is 30.1. The number of fused-ring (bicyclic) bond motifs is 2. The lowest BCUT2D eigenvalue weighted by atomic mass is 9.95. The van der Waals surface area contributed by atoms with Crippen molar-refractivity contribution >= 4 is 22.6 Å². The summed E-state index contributed by atoms with van der Waals surface area (Å²) in [7, 11) is 0. The number of rotatable bonds is 3. The Balaban J connectivity index is 1.47. The van der Waals surface area contributed by atoms with Crippen molar-refractivity contribution in [3.63, 3.8) is 0 Å². The van der Waals surface area contributed by atoms with Crippen LogP contribution in [-0.4, -0.2) is 21.9 Å². The van der Waals surface area contributed by atoms with Gasteiger partial charge in [0.05, 0.1) is 22.4 Å². The monoisotopic (exact) mass is 473 g/mol. The minimum absolute atomic E-state index is 0.0116. The zero-order chi connectivity index (χ0) is 24.6. The van der Waals surface area contributed by atoms with Crippen LogP contribution in [0.3, 0.4) is 0 Å². The molecule has 0 spiro atoms. The number of benzene rings is 4. The Kier molecular flexibility index (Phi) is 5.53. The molecule has 36 heavy (non-hydrogen) atoms. The lowest BCUT2D eigenvalue weighted by Gasteiger charge is -2.35. The van der Waals surface area contributed by atoms with Gasteiger partial charge < -0.3 is 4.90 Å². The van der Waals surface area contributed by atoms with Gasteiger partial charge in [-0.1, -0.05) is 60.7 Å².